The molecule has 2 aromatic rings. The Morgan fingerprint density at radius 3 is 3.00 bits per heavy atom. The van der Waals surface area contributed by atoms with E-state index in [0.29, 0.717) is 17.6 Å². The average molecular weight is 345 g/mol. The van der Waals surface area contributed by atoms with Gasteiger partial charge in [-0.1, -0.05) is 19.9 Å². The molecular weight excluding hydrogens is 317 g/mol. The van der Waals surface area contributed by atoms with Crippen LogP contribution in [0.25, 0.3) is 0 Å². The van der Waals surface area contributed by atoms with Gasteiger partial charge < -0.3 is 4.74 Å². The lowest BCUT2D eigenvalue weighted by Crippen LogP contribution is -2.34. The fourth-order valence-electron chi connectivity index (χ4n) is 3.77. The van der Waals surface area contributed by atoms with Crippen LogP contribution in [0.5, 0.6) is 5.75 Å². The maximum Gasteiger partial charge on any atom is 0.165 e. The van der Waals surface area contributed by atoms with Crippen LogP contribution in [0.15, 0.2) is 24.4 Å². The maximum atomic E-state index is 13.6. The Morgan fingerprint density at radius 2 is 2.24 bits per heavy atom. The van der Waals surface area contributed by atoms with E-state index in [9.17, 15) is 4.39 Å². The summed E-state index contributed by atoms with van der Waals surface area (Å²) in [6.45, 7) is 7.38. The van der Waals surface area contributed by atoms with Gasteiger partial charge in [0.15, 0.2) is 11.6 Å². The van der Waals surface area contributed by atoms with Gasteiger partial charge in [-0.2, -0.15) is 5.10 Å². The number of hydrogen-bond donors (Lipinski definition) is 1. The number of hydrogen-bond acceptors (Lipinski definition) is 3. The van der Waals surface area contributed by atoms with Gasteiger partial charge in [0, 0.05) is 24.7 Å². The lowest BCUT2D eigenvalue weighted by atomic mass is 9.90. The number of aromatic amines is 1. The number of methoxy groups -OCH3 is 1. The van der Waals surface area contributed by atoms with Crippen LogP contribution in [0.3, 0.4) is 0 Å². The Labute approximate surface area is 149 Å². The number of likely N-dealkylation sites (tertiary alicyclic amines) is 1. The van der Waals surface area contributed by atoms with Crippen LogP contribution in [-0.2, 0) is 13.0 Å². The number of aromatic nitrogens is 2. The van der Waals surface area contributed by atoms with Crippen LogP contribution in [0, 0.1) is 11.7 Å². The van der Waals surface area contributed by atoms with Crippen molar-refractivity contribution in [2.75, 3.05) is 20.2 Å². The molecule has 4 nitrogen and oxygen atoms in total. The summed E-state index contributed by atoms with van der Waals surface area (Å²) < 4.78 is 18.7. The summed E-state index contributed by atoms with van der Waals surface area (Å²) in [4.78, 5) is 2.45. The van der Waals surface area contributed by atoms with Crippen molar-refractivity contribution < 1.29 is 9.13 Å². The molecule has 136 valence electrons. The molecule has 1 atom stereocenters. The number of H-pyrrole nitrogens is 1. The van der Waals surface area contributed by atoms with Crippen LogP contribution in [0.1, 0.15) is 49.4 Å². The lowest BCUT2D eigenvalue weighted by molar-refractivity contribution is 0.197. The van der Waals surface area contributed by atoms with Crippen molar-refractivity contribution in [3.8, 4) is 5.75 Å². The van der Waals surface area contributed by atoms with Gasteiger partial charge in [-0.25, -0.2) is 4.39 Å². The Kier molecular flexibility index (Phi) is 5.74. The molecule has 3 rings (SSSR count). The quantitative estimate of drug-likeness (QED) is 0.856. The zero-order valence-electron chi connectivity index (χ0n) is 15.4. The highest BCUT2D eigenvalue weighted by Crippen LogP contribution is 2.30. The van der Waals surface area contributed by atoms with Crippen molar-refractivity contribution >= 4 is 0 Å². The highest BCUT2D eigenvalue weighted by Gasteiger charge is 2.25. The molecular formula is C20H28FN3O. The van der Waals surface area contributed by atoms with Crippen LogP contribution < -0.4 is 4.74 Å². The Morgan fingerprint density at radius 1 is 1.40 bits per heavy atom. The fourth-order valence-corrected chi connectivity index (χ4v) is 3.77. The molecule has 1 saturated heterocycles. The molecule has 0 bridgehead atoms. The van der Waals surface area contributed by atoms with E-state index in [1.54, 1.807) is 6.07 Å². The summed E-state index contributed by atoms with van der Waals surface area (Å²) in [7, 11) is 1.51. The van der Waals surface area contributed by atoms with Crippen LogP contribution >= 0.6 is 0 Å². The van der Waals surface area contributed by atoms with E-state index in [1.165, 1.54) is 37.3 Å². The second-order valence-electron chi connectivity index (χ2n) is 7.45. The maximum absolute atomic E-state index is 13.6. The summed E-state index contributed by atoms with van der Waals surface area (Å²) in [5.74, 6) is 1.13. The van der Waals surface area contributed by atoms with E-state index in [1.807, 2.05) is 12.3 Å². The molecule has 0 unspecified atom stereocenters. The summed E-state index contributed by atoms with van der Waals surface area (Å²) in [5.41, 5.74) is 3.74. The summed E-state index contributed by atoms with van der Waals surface area (Å²) in [6.07, 6.45) is 5.41. The van der Waals surface area contributed by atoms with Gasteiger partial charge in [0.1, 0.15) is 0 Å². The van der Waals surface area contributed by atoms with Crippen molar-refractivity contribution in [3.63, 3.8) is 0 Å². The number of rotatable bonds is 6. The Hall–Kier alpha value is -1.88. The minimum absolute atomic E-state index is 0.307. The topological polar surface area (TPSA) is 41.1 Å². The third-order valence-electron chi connectivity index (χ3n) is 4.91. The van der Waals surface area contributed by atoms with E-state index in [2.05, 4.69) is 28.9 Å². The van der Waals surface area contributed by atoms with Gasteiger partial charge in [0.05, 0.1) is 13.3 Å². The number of halogens is 1. The van der Waals surface area contributed by atoms with E-state index in [0.717, 1.165) is 31.6 Å². The van der Waals surface area contributed by atoms with E-state index < -0.39 is 0 Å². The summed E-state index contributed by atoms with van der Waals surface area (Å²) in [6, 6.07) is 5.15. The second kappa shape index (κ2) is 8.00. The van der Waals surface area contributed by atoms with Gasteiger partial charge in [-0.3, -0.25) is 10.00 Å². The minimum atomic E-state index is -0.307. The molecule has 0 radical (unpaired) electrons. The molecule has 1 aromatic carbocycles. The summed E-state index contributed by atoms with van der Waals surface area (Å²) >= 11 is 0. The smallest absolute Gasteiger partial charge is 0.165 e. The molecule has 1 N–H and O–H groups in total. The van der Waals surface area contributed by atoms with Gasteiger partial charge in [0.2, 0.25) is 0 Å². The number of ether oxygens (including phenoxy) is 1. The monoisotopic (exact) mass is 345 g/mol. The van der Waals surface area contributed by atoms with Gasteiger partial charge >= 0.3 is 0 Å². The van der Waals surface area contributed by atoms with E-state index in [4.69, 9.17) is 4.74 Å². The van der Waals surface area contributed by atoms with Crippen molar-refractivity contribution in [2.24, 2.45) is 5.92 Å². The third kappa shape index (κ3) is 4.40. The molecule has 0 saturated carbocycles. The van der Waals surface area contributed by atoms with Crippen molar-refractivity contribution in [1.29, 1.82) is 0 Å². The van der Waals surface area contributed by atoms with Crippen LogP contribution in [0.2, 0.25) is 0 Å². The molecule has 0 amide bonds. The summed E-state index contributed by atoms with van der Waals surface area (Å²) in [5, 5.41) is 7.53. The molecule has 1 aliphatic heterocycles. The standard InChI is InChI=1S/C20H28FN3O/c1-14(2)9-17-11-22-23-20(17)16-5-4-8-24(13-16)12-15-6-7-18(21)19(10-15)25-3/h6-7,10-11,14,16H,4-5,8-9,12-13H2,1-3H3,(H,22,23)/t16-/m1/s1. The highest BCUT2D eigenvalue weighted by atomic mass is 19.1. The van der Waals surface area contributed by atoms with Gasteiger partial charge in [-0.15, -0.1) is 0 Å². The largest absolute Gasteiger partial charge is 0.494 e. The number of nitrogens with zero attached hydrogens (tertiary/aromatic N) is 2. The second-order valence-corrected chi connectivity index (χ2v) is 7.45. The predicted molar refractivity (Wildman–Crippen MR) is 97.3 cm³/mol. The number of nitrogens with one attached hydrogen (secondary N) is 1. The Bertz CT molecular complexity index is 698. The molecule has 0 spiro atoms. The van der Waals surface area contributed by atoms with E-state index >= 15 is 0 Å². The first-order chi connectivity index (χ1) is 12.1. The molecule has 1 fully saturated rings. The van der Waals surface area contributed by atoms with Gasteiger partial charge in [0.25, 0.3) is 0 Å². The van der Waals surface area contributed by atoms with Gasteiger partial charge in [-0.05, 0) is 55.0 Å². The first kappa shape index (κ1) is 17.9. The van der Waals surface area contributed by atoms with Crippen molar-refractivity contribution in [2.45, 2.75) is 45.6 Å². The number of benzene rings is 1. The molecule has 5 heteroatoms. The first-order valence-electron chi connectivity index (χ1n) is 9.13. The molecule has 2 heterocycles. The molecule has 25 heavy (non-hydrogen) atoms. The fraction of sp³-hybridized carbons (Fsp3) is 0.550. The van der Waals surface area contributed by atoms with E-state index in [-0.39, 0.29) is 5.82 Å². The average Bonchev–Trinajstić information content (AvgIpc) is 3.04. The first-order valence-corrected chi connectivity index (χ1v) is 9.13. The predicted octanol–water partition coefficient (Wildman–Crippen LogP) is 4.14. The van der Waals surface area contributed by atoms with Crippen molar-refractivity contribution in [3.05, 3.63) is 47.0 Å². The van der Waals surface area contributed by atoms with Crippen LogP contribution in [0.4, 0.5) is 4.39 Å². The van der Waals surface area contributed by atoms with Crippen molar-refractivity contribution in [1.82, 2.24) is 15.1 Å². The minimum Gasteiger partial charge on any atom is -0.494 e. The highest BCUT2D eigenvalue weighted by molar-refractivity contribution is 5.30. The molecule has 1 aromatic heterocycles. The Balaban J connectivity index is 1.68. The third-order valence-corrected chi connectivity index (χ3v) is 4.91. The molecule has 0 aliphatic carbocycles. The SMILES string of the molecule is COc1cc(CN2CCC[C@@H](c3[nH]ncc3CC(C)C)C2)ccc1F. The molecule has 1 aliphatic rings. The normalized spacial score (nSPS) is 18.7. The zero-order chi connectivity index (χ0) is 17.8. The lowest BCUT2D eigenvalue weighted by Gasteiger charge is -2.33. The zero-order valence-corrected chi connectivity index (χ0v) is 15.4. The number of piperidine rings is 1. The van der Waals surface area contributed by atoms with Crippen LogP contribution in [-0.4, -0.2) is 35.3 Å².